The molecule has 1 aliphatic rings. The van der Waals surface area contributed by atoms with Crippen LogP contribution in [0.4, 0.5) is 0 Å². The first-order chi connectivity index (χ1) is 14.0. The lowest BCUT2D eigenvalue weighted by Crippen LogP contribution is -2.48. The number of hydrogen-bond donors (Lipinski definition) is 2. The highest BCUT2D eigenvalue weighted by Gasteiger charge is 2.30. The van der Waals surface area contributed by atoms with Crippen LogP contribution in [0.5, 0.6) is 0 Å². The third-order valence-electron chi connectivity index (χ3n) is 5.44. The fourth-order valence-electron chi connectivity index (χ4n) is 3.85. The number of fused-ring (bicyclic) bond motifs is 1. The van der Waals surface area contributed by atoms with Gasteiger partial charge in [0.25, 0.3) is 0 Å². The minimum absolute atomic E-state index is 0.0440. The van der Waals surface area contributed by atoms with Crippen LogP contribution >= 0.6 is 11.6 Å². The highest BCUT2D eigenvalue weighted by molar-refractivity contribution is 6.31. The molecule has 4 rings (SSSR count). The molecule has 2 atom stereocenters. The van der Waals surface area contributed by atoms with Crippen LogP contribution in [0.1, 0.15) is 37.0 Å². The maximum absolute atomic E-state index is 12.9. The number of morpholine rings is 1. The number of benzene rings is 2. The molecule has 1 amide bonds. The SMILES string of the molecule is C[C@H]1CO[C@@H](c2ccccc2Cl)CN1C(=O)CCCc1ccc2[nH]c(=O)[nH]c2c1. The molecule has 0 spiro atoms. The molecule has 1 fully saturated rings. The largest absolute Gasteiger partial charge is 0.369 e. The summed E-state index contributed by atoms with van der Waals surface area (Å²) < 4.78 is 5.94. The minimum atomic E-state index is -0.207. The van der Waals surface area contributed by atoms with Gasteiger partial charge in [0.15, 0.2) is 0 Å². The number of hydrogen-bond acceptors (Lipinski definition) is 3. The Hall–Kier alpha value is -2.57. The minimum Gasteiger partial charge on any atom is -0.369 e. The Bertz CT molecular complexity index is 1070. The zero-order valence-electron chi connectivity index (χ0n) is 16.3. The second-order valence-corrected chi connectivity index (χ2v) is 7.96. The van der Waals surface area contributed by atoms with Crippen LogP contribution in [-0.4, -0.2) is 40.0 Å². The van der Waals surface area contributed by atoms with Gasteiger partial charge in [-0.25, -0.2) is 4.79 Å². The summed E-state index contributed by atoms with van der Waals surface area (Å²) in [5, 5.41) is 0.664. The maximum atomic E-state index is 12.9. The van der Waals surface area contributed by atoms with Gasteiger partial charge in [0, 0.05) is 17.0 Å². The van der Waals surface area contributed by atoms with Gasteiger partial charge in [0.05, 0.1) is 30.2 Å². The summed E-state index contributed by atoms with van der Waals surface area (Å²) in [7, 11) is 0. The normalized spacial score (nSPS) is 19.6. The number of amides is 1. The van der Waals surface area contributed by atoms with Gasteiger partial charge in [-0.2, -0.15) is 0 Å². The number of nitrogens with zero attached hydrogens (tertiary/aromatic N) is 1. The van der Waals surface area contributed by atoms with Crippen molar-refractivity contribution in [1.29, 1.82) is 0 Å². The average Bonchev–Trinajstić information content (AvgIpc) is 3.08. The van der Waals surface area contributed by atoms with Gasteiger partial charge in [-0.3, -0.25) is 4.79 Å². The average molecular weight is 414 g/mol. The number of ether oxygens (including phenoxy) is 1. The van der Waals surface area contributed by atoms with Crippen molar-refractivity contribution in [3.63, 3.8) is 0 Å². The van der Waals surface area contributed by atoms with E-state index in [1.807, 2.05) is 54.3 Å². The lowest BCUT2D eigenvalue weighted by molar-refractivity contribution is -0.144. The highest BCUT2D eigenvalue weighted by atomic mass is 35.5. The molecule has 152 valence electrons. The van der Waals surface area contributed by atoms with Crippen molar-refractivity contribution >= 4 is 28.5 Å². The predicted octanol–water partition coefficient (Wildman–Crippen LogP) is 3.82. The molecule has 0 aliphatic carbocycles. The highest BCUT2D eigenvalue weighted by Crippen LogP contribution is 2.30. The van der Waals surface area contributed by atoms with E-state index in [-0.39, 0.29) is 23.7 Å². The van der Waals surface area contributed by atoms with E-state index in [9.17, 15) is 9.59 Å². The number of aryl methyl sites for hydroxylation is 1. The van der Waals surface area contributed by atoms with Crippen molar-refractivity contribution in [2.75, 3.05) is 13.2 Å². The van der Waals surface area contributed by atoms with Crippen molar-refractivity contribution in [3.8, 4) is 0 Å². The molecule has 6 nitrogen and oxygen atoms in total. The summed E-state index contributed by atoms with van der Waals surface area (Å²) in [6, 6.07) is 13.5. The Kier molecular flexibility index (Phi) is 5.74. The molecule has 0 radical (unpaired) electrons. The van der Waals surface area contributed by atoms with Crippen LogP contribution in [0.25, 0.3) is 11.0 Å². The van der Waals surface area contributed by atoms with E-state index in [4.69, 9.17) is 16.3 Å². The molecule has 1 saturated heterocycles. The summed E-state index contributed by atoms with van der Waals surface area (Å²) in [4.78, 5) is 31.7. The van der Waals surface area contributed by atoms with E-state index >= 15 is 0 Å². The van der Waals surface area contributed by atoms with Gasteiger partial charge < -0.3 is 19.6 Å². The van der Waals surface area contributed by atoms with Crippen molar-refractivity contribution in [3.05, 3.63) is 69.1 Å². The fourth-order valence-corrected chi connectivity index (χ4v) is 4.11. The van der Waals surface area contributed by atoms with Gasteiger partial charge in [0.1, 0.15) is 6.10 Å². The zero-order chi connectivity index (χ0) is 20.4. The van der Waals surface area contributed by atoms with Crippen molar-refractivity contribution in [2.24, 2.45) is 0 Å². The number of rotatable bonds is 5. The number of halogens is 1. The van der Waals surface area contributed by atoms with E-state index in [1.54, 1.807) is 0 Å². The number of aromatic amines is 2. The Morgan fingerprint density at radius 1 is 1.21 bits per heavy atom. The van der Waals surface area contributed by atoms with Crippen molar-refractivity contribution < 1.29 is 9.53 Å². The molecule has 2 aromatic carbocycles. The Balaban J connectivity index is 1.36. The number of imidazole rings is 1. The smallest absolute Gasteiger partial charge is 0.323 e. The standard InChI is InChI=1S/C22H24ClN3O3/c1-14-13-29-20(16-6-2-3-7-17(16)23)12-26(14)21(27)8-4-5-15-9-10-18-19(11-15)25-22(28)24-18/h2-3,6-7,9-11,14,20H,4-5,8,12-13H2,1H3,(H2,24,25,28)/t14-,20+/m0/s1. The Morgan fingerprint density at radius 3 is 2.83 bits per heavy atom. The Morgan fingerprint density at radius 2 is 2.00 bits per heavy atom. The first-order valence-corrected chi connectivity index (χ1v) is 10.3. The quantitative estimate of drug-likeness (QED) is 0.667. The summed E-state index contributed by atoms with van der Waals surface area (Å²) in [6.07, 6.45) is 1.81. The molecule has 2 N–H and O–H groups in total. The van der Waals surface area contributed by atoms with Crippen LogP contribution in [0, 0.1) is 0 Å². The number of aromatic nitrogens is 2. The van der Waals surface area contributed by atoms with Crippen LogP contribution in [0.3, 0.4) is 0 Å². The first kappa shape index (κ1) is 19.7. The summed E-state index contributed by atoms with van der Waals surface area (Å²) in [5.41, 5.74) is 3.41. The molecule has 1 aliphatic heterocycles. The second kappa shape index (κ2) is 8.43. The molecular formula is C22H24ClN3O3. The summed E-state index contributed by atoms with van der Waals surface area (Å²) in [5.74, 6) is 0.133. The number of H-pyrrole nitrogens is 2. The molecule has 3 aromatic rings. The Labute approximate surface area is 173 Å². The number of carbonyl (C=O) groups excluding carboxylic acids is 1. The van der Waals surface area contributed by atoms with Crippen LogP contribution in [0.15, 0.2) is 47.3 Å². The molecule has 7 heteroatoms. The first-order valence-electron chi connectivity index (χ1n) is 9.87. The third kappa shape index (κ3) is 4.38. The van der Waals surface area contributed by atoms with E-state index in [1.165, 1.54) is 0 Å². The van der Waals surface area contributed by atoms with E-state index < -0.39 is 0 Å². The van der Waals surface area contributed by atoms with Crippen LogP contribution in [-0.2, 0) is 16.0 Å². The molecule has 2 heterocycles. The van der Waals surface area contributed by atoms with E-state index in [0.29, 0.717) is 24.6 Å². The van der Waals surface area contributed by atoms with Gasteiger partial charge >= 0.3 is 5.69 Å². The lowest BCUT2D eigenvalue weighted by atomic mass is 10.0. The van der Waals surface area contributed by atoms with Gasteiger partial charge in [-0.15, -0.1) is 0 Å². The summed E-state index contributed by atoms with van der Waals surface area (Å²) in [6.45, 7) is 3.02. The molecule has 29 heavy (non-hydrogen) atoms. The monoisotopic (exact) mass is 413 g/mol. The molecule has 1 aromatic heterocycles. The van der Waals surface area contributed by atoms with Crippen LogP contribution < -0.4 is 5.69 Å². The van der Waals surface area contributed by atoms with Gasteiger partial charge in [-0.1, -0.05) is 35.9 Å². The second-order valence-electron chi connectivity index (χ2n) is 7.55. The lowest BCUT2D eigenvalue weighted by Gasteiger charge is -2.38. The van der Waals surface area contributed by atoms with Crippen LogP contribution in [0.2, 0.25) is 5.02 Å². The van der Waals surface area contributed by atoms with Crippen molar-refractivity contribution in [2.45, 2.75) is 38.3 Å². The van der Waals surface area contributed by atoms with Crippen molar-refractivity contribution in [1.82, 2.24) is 14.9 Å². The van der Waals surface area contributed by atoms with Gasteiger partial charge in [-0.05, 0) is 43.5 Å². The molecule has 0 bridgehead atoms. The molecule has 0 unspecified atom stereocenters. The number of nitrogens with one attached hydrogen (secondary N) is 2. The summed E-state index contributed by atoms with van der Waals surface area (Å²) >= 11 is 6.31. The third-order valence-corrected chi connectivity index (χ3v) is 5.79. The topological polar surface area (TPSA) is 78.2 Å². The molecule has 0 saturated carbocycles. The van der Waals surface area contributed by atoms with Gasteiger partial charge in [0.2, 0.25) is 5.91 Å². The number of carbonyl (C=O) groups is 1. The predicted molar refractivity (Wildman–Crippen MR) is 113 cm³/mol. The maximum Gasteiger partial charge on any atom is 0.323 e. The van der Waals surface area contributed by atoms with E-state index in [0.717, 1.165) is 35.0 Å². The van der Waals surface area contributed by atoms with E-state index in [2.05, 4.69) is 9.97 Å². The fraction of sp³-hybridized carbons (Fsp3) is 0.364. The zero-order valence-corrected chi connectivity index (χ0v) is 17.0. The molecular weight excluding hydrogens is 390 g/mol.